The van der Waals surface area contributed by atoms with Crippen LogP contribution >= 0.6 is 0 Å². The molecule has 0 aliphatic rings. The number of nitrogens with one attached hydrogen (secondary N) is 2. The monoisotopic (exact) mass is 408 g/mol. The number of hydrogen-bond donors (Lipinski definition) is 4. The number of aliphatic hydroxyl groups excluding tert-OH is 1. The third-order valence-corrected chi connectivity index (χ3v) is 3.87. The lowest BCUT2D eigenvalue weighted by Crippen LogP contribution is -2.25. The maximum absolute atomic E-state index is 14.2. The van der Waals surface area contributed by atoms with E-state index in [2.05, 4.69) is 10.8 Å². The Morgan fingerprint density at radius 1 is 1.28 bits per heavy atom. The zero-order chi connectivity index (χ0) is 22.0. The van der Waals surface area contributed by atoms with E-state index in [1.807, 2.05) is 13.8 Å². The fourth-order valence-electron chi connectivity index (χ4n) is 2.52. The van der Waals surface area contributed by atoms with E-state index in [0.717, 1.165) is 5.56 Å². The largest absolute Gasteiger partial charge is 0.394 e. The highest BCUT2D eigenvalue weighted by molar-refractivity contribution is 6.04. The topological polar surface area (TPSA) is 119 Å². The standard InChI is InChI=1S/C18H23FN4O4.C2H6/c1-11-3-4-14(13(19)9-11)21-17-12(18(26)22-27-8-7-24)10-15(23(17)2)16(25)5-6-20;1-2/h3-4,9-10,21,24H,5-8,20H2,1-2H3,(H,22,26);1-2H3. The van der Waals surface area contributed by atoms with E-state index in [1.165, 1.54) is 16.7 Å². The molecule has 0 saturated carbocycles. The van der Waals surface area contributed by atoms with Crippen molar-refractivity contribution in [3.8, 4) is 0 Å². The van der Waals surface area contributed by atoms with Gasteiger partial charge in [0.25, 0.3) is 5.91 Å². The van der Waals surface area contributed by atoms with Crippen LogP contribution in [0.1, 0.15) is 46.7 Å². The number of hydroxylamine groups is 1. The van der Waals surface area contributed by atoms with Gasteiger partial charge in [-0.2, -0.15) is 0 Å². The summed E-state index contributed by atoms with van der Waals surface area (Å²) in [6, 6.07) is 6.02. The zero-order valence-corrected chi connectivity index (χ0v) is 17.2. The zero-order valence-electron chi connectivity index (χ0n) is 17.2. The molecule has 9 heteroatoms. The van der Waals surface area contributed by atoms with Crippen LogP contribution < -0.4 is 16.5 Å². The highest BCUT2D eigenvalue weighted by Crippen LogP contribution is 2.27. The summed E-state index contributed by atoms with van der Waals surface area (Å²) in [7, 11) is 1.59. The van der Waals surface area contributed by atoms with Crippen LogP contribution in [0.25, 0.3) is 0 Å². The van der Waals surface area contributed by atoms with E-state index in [9.17, 15) is 14.0 Å². The molecule has 160 valence electrons. The first-order valence-corrected chi connectivity index (χ1v) is 9.38. The Labute approximate surface area is 169 Å². The van der Waals surface area contributed by atoms with Crippen molar-refractivity contribution in [2.75, 3.05) is 25.1 Å². The normalized spacial score (nSPS) is 10.2. The van der Waals surface area contributed by atoms with Crippen LogP contribution in [-0.4, -0.2) is 41.1 Å². The predicted molar refractivity (Wildman–Crippen MR) is 110 cm³/mol. The van der Waals surface area contributed by atoms with E-state index in [1.54, 1.807) is 26.1 Å². The average molecular weight is 408 g/mol. The first-order valence-electron chi connectivity index (χ1n) is 9.38. The van der Waals surface area contributed by atoms with Crippen molar-refractivity contribution in [2.45, 2.75) is 27.2 Å². The van der Waals surface area contributed by atoms with Crippen molar-refractivity contribution in [1.29, 1.82) is 0 Å². The average Bonchev–Trinajstić information content (AvgIpc) is 3.02. The number of amides is 1. The Kier molecular flexibility index (Phi) is 10.0. The van der Waals surface area contributed by atoms with Gasteiger partial charge in [-0.1, -0.05) is 19.9 Å². The number of hydrogen-bond acceptors (Lipinski definition) is 6. The molecule has 0 saturated heterocycles. The molecule has 0 spiro atoms. The Bertz CT molecular complexity index is 836. The quantitative estimate of drug-likeness (QED) is 0.287. The van der Waals surface area contributed by atoms with Crippen LogP contribution in [0.15, 0.2) is 24.3 Å². The van der Waals surface area contributed by atoms with Gasteiger partial charge in [-0.15, -0.1) is 0 Å². The number of Topliss-reactive ketones (excluding diaryl/α,β-unsaturated/α-hetero) is 1. The molecule has 0 aliphatic heterocycles. The number of aryl methyl sites for hydroxylation is 1. The number of halogens is 1. The van der Waals surface area contributed by atoms with Crippen molar-refractivity contribution < 1.29 is 23.9 Å². The molecule has 0 fully saturated rings. The second-order valence-corrected chi connectivity index (χ2v) is 5.92. The van der Waals surface area contributed by atoms with Crippen LogP contribution in [0.5, 0.6) is 0 Å². The molecule has 1 aromatic carbocycles. The van der Waals surface area contributed by atoms with Crippen molar-refractivity contribution in [3.63, 3.8) is 0 Å². The summed E-state index contributed by atoms with van der Waals surface area (Å²) in [4.78, 5) is 29.5. The Hall–Kier alpha value is -2.75. The summed E-state index contributed by atoms with van der Waals surface area (Å²) in [5.41, 5.74) is 8.87. The van der Waals surface area contributed by atoms with Gasteiger partial charge in [-0.25, -0.2) is 9.87 Å². The Morgan fingerprint density at radius 3 is 2.55 bits per heavy atom. The number of aromatic nitrogens is 1. The van der Waals surface area contributed by atoms with Gasteiger partial charge in [0.15, 0.2) is 5.78 Å². The maximum atomic E-state index is 14.2. The number of benzene rings is 1. The molecule has 8 nitrogen and oxygen atoms in total. The number of rotatable bonds is 9. The lowest BCUT2D eigenvalue weighted by atomic mass is 10.2. The smallest absolute Gasteiger partial charge is 0.278 e. The summed E-state index contributed by atoms with van der Waals surface area (Å²) < 4.78 is 15.7. The van der Waals surface area contributed by atoms with Gasteiger partial charge in [-0.05, 0) is 37.2 Å². The molecule has 0 unspecified atom stereocenters. The van der Waals surface area contributed by atoms with Gasteiger partial charge >= 0.3 is 0 Å². The van der Waals surface area contributed by atoms with Crippen molar-refractivity contribution >= 4 is 23.2 Å². The Balaban J connectivity index is 0.00000204. The molecule has 29 heavy (non-hydrogen) atoms. The molecule has 1 heterocycles. The van der Waals surface area contributed by atoms with Gasteiger partial charge in [-0.3, -0.25) is 14.4 Å². The van der Waals surface area contributed by atoms with Crippen LogP contribution in [-0.2, 0) is 11.9 Å². The summed E-state index contributed by atoms with van der Waals surface area (Å²) >= 11 is 0. The number of carbonyl (C=O) groups excluding carboxylic acids is 2. The van der Waals surface area contributed by atoms with Crippen molar-refractivity contribution in [1.82, 2.24) is 10.0 Å². The second kappa shape index (κ2) is 11.9. The number of ketones is 1. The minimum atomic E-state index is -0.638. The number of carbonyl (C=O) groups is 2. The third-order valence-electron chi connectivity index (χ3n) is 3.87. The molecule has 1 aromatic heterocycles. The molecule has 5 N–H and O–H groups in total. The van der Waals surface area contributed by atoms with Crippen LogP contribution in [0, 0.1) is 12.7 Å². The SMILES string of the molecule is CC.Cc1ccc(Nc2c(C(=O)NOCCO)cc(C(=O)CCN)n2C)c(F)c1. The summed E-state index contributed by atoms with van der Waals surface area (Å²) in [5.74, 6) is -1.15. The van der Waals surface area contributed by atoms with E-state index >= 15 is 0 Å². The van der Waals surface area contributed by atoms with Gasteiger partial charge < -0.3 is 20.7 Å². The van der Waals surface area contributed by atoms with E-state index in [4.69, 9.17) is 15.7 Å². The molecule has 0 radical (unpaired) electrons. The summed E-state index contributed by atoms with van der Waals surface area (Å²) in [6.07, 6.45) is 0.109. The molecule has 1 amide bonds. The molecule has 2 aromatic rings. The Morgan fingerprint density at radius 2 is 1.97 bits per heavy atom. The highest BCUT2D eigenvalue weighted by Gasteiger charge is 2.23. The second-order valence-electron chi connectivity index (χ2n) is 5.92. The first kappa shape index (κ1) is 24.3. The molecule has 2 rings (SSSR count). The van der Waals surface area contributed by atoms with Gasteiger partial charge in [0.05, 0.1) is 30.2 Å². The molecule has 0 atom stereocenters. The number of nitrogens with two attached hydrogens (primary N) is 1. The van der Waals surface area contributed by atoms with E-state index in [0.29, 0.717) is 0 Å². The van der Waals surface area contributed by atoms with Crippen LogP contribution in [0.3, 0.4) is 0 Å². The van der Waals surface area contributed by atoms with E-state index < -0.39 is 11.7 Å². The van der Waals surface area contributed by atoms with Gasteiger partial charge in [0.1, 0.15) is 11.6 Å². The van der Waals surface area contributed by atoms with Crippen LogP contribution in [0.2, 0.25) is 0 Å². The van der Waals surface area contributed by atoms with Crippen molar-refractivity contribution in [2.24, 2.45) is 12.8 Å². The van der Waals surface area contributed by atoms with E-state index in [-0.39, 0.29) is 54.7 Å². The van der Waals surface area contributed by atoms with Gasteiger partial charge in [0, 0.05) is 13.5 Å². The molecule has 0 bridgehead atoms. The fourth-order valence-corrected chi connectivity index (χ4v) is 2.52. The summed E-state index contributed by atoms with van der Waals surface area (Å²) in [6.45, 7) is 5.57. The lowest BCUT2D eigenvalue weighted by molar-refractivity contribution is 0.0169. The molecular weight excluding hydrogens is 379 g/mol. The summed E-state index contributed by atoms with van der Waals surface area (Å²) in [5, 5.41) is 11.6. The highest BCUT2D eigenvalue weighted by atomic mass is 19.1. The van der Waals surface area contributed by atoms with Crippen molar-refractivity contribution in [3.05, 3.63) is 46.9 Å². The molecular formula is C20H29FN4O4. The minimum Gasteiger partial charge on any atom is -0.394 e. The number of aliphatic hydroxyl groups is 1. The van der Waals surface area contributed by atoms with Gasteiger partial charge in [0.2, 0.25) is 0 Å². The number of anilines is 2. The first-order chi connectivity index (χ1) is 13.9. The minimum absolute atomic E-state index is 0.0904. The lowest BCUT2D eigenvalue weighted by Gasteiger charge is -2.13. The number of nitrogens with zero attached hydrogens (tertiary/aromatic N) is 1. The third kappa shape index (κ3) is 6.38. The molecule has 0 aliphatic carbocycles. The predicted octanol–water partition coefficient (Wildman–Crippen LogP) is 2.43. The van der Waals surface area contributed by atoms with Crippen LogP contribution in [0.4, 0.5) is 15.9 Å². The maximum Gasteiger partial charge on any atom is 0.278 e. The fraction of sp³-hybridized carbons (Fsp3) is 0.400.